The zero-order valence-corrected chi connectivity index (χ0v) is 29.5. The number of esters is 1. The van der Waals surface area contributed by atoms with Crippen molar-refractivity contribution in [3.8, 4) is 6.07 Å². The van der Waals surface area contributed by atoms with Crippen LogP contribution in [0.2, 0.25) is 0 Å². The molecule has 0 atom stereocenters. The molecule has 0 fully saturated rings. The van der Waals surface area contributed by atoms with Gasteiger partial charge in [0, 0.05) is 0 Å². The second-order valence-corrected chi connectivity index (χ2v) is 12.6. The van der Waals surface area contributed by atoms with Crippen LogP contribution in [-0.2, 0) is 9.53 Å². The van der Waals surface area contributed by atoms with Crippen LogP contribution in [0.3, 0.4) is 0 Å². The van der Waals surface area contributed by atoms with Crippen molar-refractivity contribution in [1.82, 2.24) is 0 Å². The van der Waals surface area contributed by atoms with Gasteiger partial charge in [-0.2, -0.15) is 5.26 Å². The Morgan fingerprint density at radius 2 is 0.864 bits per heavy atom. The van der Waals surface area contributed by atoms with Crippen molar-refractivity contribution in [2.75, 3.05) is 6.61 Å². The van der Waals surface area contributed by atoms with Gasteiger partial charge in [0.15, 0.2) is 5.41 Å². The van der Waals surface area contributed by atoms with E-state index >= 15 is 0 Å². The standard InChI is InChI=1S/C41H71NO2/c1-4-7-9-11-13-15-17-19-21-23-25-27-29-31-33-35-37-41(39-42,40(43)44-6-3)38-36-34-32-30-28-26-24-22-20-18-16-14-12-10-8-5-2/h13-16,19-22H,4-12,17-18,23-38H2,1-3H3/b15-13-,16-14-,21-19-,22-20-. The molecular weight excluding hydrogens is 538 g/mol. The van der Waals surface area contributed by atoms with Gasteiger partial charge < -0.3 is 4.74 Å². The van der Waals surface area contributed by atoms with Crippen LogP contribution in [0.4, 0.5) is 0 Å². The topological polar surface area (TPSA) is 50.1 Å². The minimum atomic E-state index is -0.958. The van der Waals surface area contributed by atoms with E-state index < -0.39 is 5.41 Å². The molecule has 0 N–H and O–H groups in total. The van der Waals surface area contributed by atoms with E-state index in [9.17, 15) is 10.1 Å². The van der Waals surface area contributed by atoms with Gasteiger partial charge in [-0.15, -0.1) is 0 Å². The Labute approximate surface area is 274 Å². The zero-order chi connectivity index (χ0) is 32.2. The summed E-state index contributed by atoms with van der Waals surface area (Å²) in [5, 5.41) is 10.1. The van der Waals surface area contributed by atoms with Gasteiger partial charge in [0.2, 0.25) is 0 Å². The fourth-order valence-corrected chi connectivity index (χ4v) is 5.59. The van der Waals surface area contributed by atoms with Crippen LogP contribution in [0.1, 0.15) is 188 Å². The highest BCUT2D eigenvalue weighted by Crippen LogP contribution is 2.33. The van der Waals surface area contributed by atoms with Crippen LogP contribution >= 0.6 is 0 Å². The first-order valence-corrected chi connectivity index (χ1v) is 18.8. The van der Waals surface area contributed by atoms with E-state index in [2.05, 4.69) is 68.5 Å². The third-order valence-corrected chi connectivity index (χ3v) is 8.49. The van der Waals surface area contributed by atoms with E-state index in [0.29, 0.717) is 19.4 Å². The fourth-order valence-electron chi connectivity index (χ4n) is 5.59. The maximum absolute atomic E-state index is 12.8. The number of hydrogen-bond acceptors (Lipinski definition) is 3. The van der Waals surface area contributed by atoms with Gasteiger partial charge in [-0.3, -0.25) is 4.79 Å². The molecule has 0 spiro atoms. The smallest absolute Gasteiger partial charge is 0.326 e. The number of ether oxygens (including phenoxy) is 1. The van der Waals surface area contributed by atoms with Gasteiger partial charge in [0.05, 0.1) is 12.7 Å². The van der Waals surface area contributed by atoms with Gasteiger partial charge in [-0.05, 0) is 84.0 Å². The molecule has 3 nitrogen and oxygen atoms in total. The molecule has 252 valence electrons. The summed E-state index contributed by atoms with van der Waals surface area (Å²) in [7, 11) is 0. The van der Waals surface area contributed by atoms with Gasteiger partial charge in [-0.25, -0.2) is 0 Å². The molecule has 0 aliphatic carbocycles. The lowest BCUT2D eigenvalue weighted by molar-refractivity contribution is -0.152. The molecule has 0 aromatic carbocycles. The molecule has 0 rings (SSSR count). The largest absolute Gasteiger partial charge is 0.465 e. The van der Waals surface area contributed by atoms with Crippen LogP contribution in [0.5, 0.6) is 0 Å². The third kappa shape index (κ3) is 26.3. The van der Waals surface area contributed by atoms with Crippen molar-refractivity contribution in [3.05, 3.63) is 48.6 Å². The van der Waals surface area contributed by atoms with Crippen LogP contribution in [0.25, 0.3) is 0 Å². The van der Waals surface area contributed by atoms with Crippen molar-refractivity contribution in [1.29, 1.82) is 5.26 Å². The first kappa shape index (κ1) is 41.9. The van der Waals surface area contributed by atoms with Crippen LogP contribution in [-0.4, -0.2) is 12.6 Å². The summed E-state index contributed by atoms with van der Waals surface area (Å²) >= 11 is 0. The summed E-state index contributed by atoms with van der Waals surface area (Å²) in [6.45, 7) is 6.67. The minimum absolute atomic E-state index is 0.298. The summed E-state index contributed by atoms with van der Waals surface area (Å²) in [5.41, 5.74) is -0.958. The normalized spacial score (nSPS) is 12.3. The number of nitrogens with zero attached hydrogens (tertiary/aromatic N) is 1. The van der Waals surface area contributed by atoms with Crippen molar-refractivity contribution < 1.29 is 9.53 Å². The quantitative estimate of drug-likeness (QED) is 0.0433. The molecule has 0 amide bonds. The maximum Gasteiger partial charge on any atom is 0.326 e. The molecule has 0 unspecified atom stereocenters. The lowest BCUT2D eigenvalue weighted by atomic mass is 9.79. The summed E-state index contributed by atoms with van der Waals surface area (Å²) in [5.74, 6) is -0.298. The zero-order valence-electron chi connectivity index (χ0n) is 29.5. The Morgan fingerprint density at radius 3 is 1.20 bits per heavy atom. The lowest BCUT2D eigenvalue weighted by Crippen LogP contribution is -2.32. The second-order valence-electron chi connectivity index (χ2n) is 12.6. The Balaban J connectivity index is 4.03. The Morgan fingerprint density at radius 1 is 0.523 bits per heavy atom. The van der Waals surface area contributed by atoms with E-state index in [4.69, 9.17) is 4.74 Å². The first-order valence-electron chi connectivity index (χ1n) is 18.8. The Kier molecular flexibility index (Phi) is 32.2. The van der Waals surface area contributed by atoms with Crippen LogP contribution in [0.15, 0.2) is 48.6 Å². The number of rotatable bonds is 32. The fraction of sp³-hybridized carbons (Fsp3) is 0.756. The van der Waals surface area contributed by atoms with E-state index in [1.807, 2.05) is 6.92 Å². The maximum atomic E-state index is 12.8. The number of nitriles is 1. The molecule has 0 saturated heterocycles. The summed E-state index contributed by atoms with van der Waals surface area (Å²) in [6, 6.07) is 2.41. The molecule has 44 heavy (non-hydrogen) atoms. The molecule has 0 bridgehead atoms. The molecule has 0 aromatic heterocycles. The molecule has 3 heteroatoms. The molecular formula is C41H71NO2. The molecule has 0 aliphatic rings. The predicted octanol–water partition coefficient (Wildman–Crippen LogP) is 13.5. The van der Waals surface area contributed by atoms with Gasteiger partial charge in [-0.1, -0.05) is 152 Å². The number of carbonyl (C=O) groups excluding carboxylic acids is 1. The average molecular weight is 610 g/mol. The van der Waals surface area contributed by atoms with Crippen molar-refractivity contribution in [2.24, 2.45) is 5.41 Å². The van der Waals surface area contributed by atoms with Crippen molar-refractivity contribution in [2.45, 2.75) is 188 Å². The van der Waals surface area contributed by atoms with E-state index in [1.54, 1.807) is 0 Å². The van der Waals surface area contributed by atoms with Gasteiger partial charge >= 0.3 is 5.97 Å². The van der Waals surface area contributed by atoms with E-state index in [-0.39, 0.29) is 5.97 Å². The van der Waals surface area contributed by atoms with Gasteiger partial charge in [0.25, 0.3) is 0 Å². The summed E-state index contributed by atoms with van der Waals surface area (Å²) in [6.07, 6.45) is 48.4. The third-order valence-electron chi connectivity index (χ3n) is 8.49. The molecule has 0 heterocycles. The Bertz CT molecular complexity index is 737. The highest BCUT2D eigenvalue weighted by atomic mass is 16.5. The molecule has 0 radical (unpaired) electrons. The predicted molar refractivity (Wildman–Crippen MR) is 193 cm³/mol. The highest BCUT2D eigenvalue weighted by Gasteiger charge is 2.39. The van der Waals surface area contributed by atoms with Crippen molar-refractivity contribution in [3.63, 3.8) is 0 Å². The highest BCUT2D eigenvalue weighted by molar-refractivity contribution is 5.80. The van der Waals surface area contributed by atoms with Crippen molar-refractivity contribution >= 4 is 5.97 Å². The Hall–Kier alpha value is -2.08. The SMILES string of the molecule is CCCCC/C=C\C/C=C\CCCCCCCCC(C#N)(CCCCCCCC/C=C\C/C=C\CCCCC)C(=O)OCC. The minimum Gasteiger partial charge on any atom is -0.465 e. The number of allylic oxidation sites excluding steroid dienone is 8. The van der Waals surface area contributed by atoms with Crippen LogP contribution < -0.4 is 0 Å². The monoisotopic (exact) mass is 610 g/mol. The molecule has 0 saturated carbocycles. The van der Waals surface area contributed by atoms with Gasteiger partial charge in [0.1, 0.15) is 0 Å². The van der Waals surface area contributed by atoms with Crippen LogP contribution in [0, 0.1) is 16.7 Å². The number of hydrogen-bond donors (Lipinski definition) is 0. The molecule has 0 aliphatic heterocycles. The van der Waals surface area contributed by atoms with E-state index in [0.717, 1.165) is 51.4 Å². The second kappa shape index (κ2) is 33.8. The average Bonchev–Trinajstić information content (AvgIpc) is 3.03. The summed E-state index contributed by atoms with van der Waals surface area (Å²) in [4.78, 5) is 12.8. The lowest BCUT2D eigenvalue weighted by Gasteiger charge is -2.24. The summed E-state index contributed by atoms with van der Waals surface area (Å²) < 4.78 is 5.37. The van der Waals surface area contributed by atoms with E-state index in [1.165, 1.54) is 103 Å². The number of unbranched alkanes of at least 4 members (excludes halogenated alkanes) is 18. The molecule has 0 aromatic rings. The first-order chi connectivity index (χ1) is 21.7. The number of carbonyl (C=O) groups is 1.